The topological polar surface area (TPSA) is 49.9 Å². The average Bonchev–Trinajstić information content (AvgIpc) is 2.35. The third-order valence-corrected chi connectivity index (χ3v) is 4.92. The van der Waals surface area contributed by atoms with Crippen molar-refractivity contribution in [3.8, 4) is 0 Å². The van der Waals surface area contributed by atoms with Crippen molar-refractivity contribution in [2.24, 2.45) is 5.92 Å². The molecule has 19 heavy (non-hydrogen) atoms. The summed E-state index contributed by atoms with van der Waals surface area (Å²) in [6.07, 6.45) is 3.31. The first-order chi connectivity index (χ1) is 8.97. The smallest absolute Gasteiger partial charge is 0.211 e. The van der Waals surface area contributed by atoms with Crippen LogP contribution in [0.25, 0.3) is 0 Å². The van der Waals surface area contributed by atoms with Gasteiger partial charge in [-0.3, -0.25) is 4.90 Å². The standard InChI is InChI=1S/C12H25ClN2O3S/c1-18-9-8-14(7-5-13)10-12-4-3-6-15(11-12)19(2,16)17/h12H,3-11H2,1-2H3. The van der Waals surface area contributed by atoms with E-state index >= 15 is 0 Å². The van der Waals surface area contributed by atoms with Crippen LogP contribution in [-0.2, 0) is 14.8 Å². The Labute approximate surface area is 121 Å². The summed E-state index contributed by atoms with van der Waals surface area (Å²) in [5, 5.41) is 0. The first-order valence-electron chi connectivity index (χ1n) is 6.69. The van der Waals surface area contributed by atoms with Crippen molar-refractivity contribution in [3.05, 3.63) is 0 Å². The Morgan fingerprint density at radius 1 is 1.42 bits per heavy atom. The van der Waals surface area contributed by atoms with E-state index in [2.05, 4.69) is 4.90 Å². The number of rotatable bonds is 8. The fourth-order valence-electron chi connectivity index (χ4n) is 2.48. The van der Waals surface area contributed by atoms with Crippen molar-refractivity contribution in [1.82, 2.24) is 9.21 Å². The lowest BCUT2D eigenvalue weighted by atomic mass is 9.99. The molecular weight excluding hydrogens is 288 g/mol. The maximum absolute atomic E-state index is 11.6. The lowest BCUT2D eigenvalue weighted by Crippen LogP contribution is -2.44. The van der Waals surface area contributed by atoms with E-state index < -0.39 is 10.0 Å². The minimum Gasteiger partial charge on any atom is -0.383 e. The van der Waals surface area contributed by atoms with E-state index in [-0.39, 0.29) is 0 Å². The Kier molecular flexibility index (Phi) is 7.61. The number of sulfonamides is 1. The highest BCUT2D eigenvalue weighted by Gasteiger charge is 2.26. The minimum atomic E-state index is -3.06. The molecule has 1 rings (SSSR count). The van der Waals surface area contributed by atoms with Crippen molar-refractivity contribution in [1.29, 1.82) is 0 Å². The Morgan fingerprint density at radius 3 is 2.74 bits per heavy atom. The SMILES string of the molecule is COCCN(CCCl)CC1CCCN(S(C)(=O)=O)C1. The monoisotopic (exact) mass is 312 g/mol. The second-order valence-corrected chi connectivity index (χ2v) is 7.47. The third kappa shape index (κ3) is 6.40. The van der Waals surface area contributed by atoms with E-state index in [4.69, 9.17) is 16.3 Å². The van der Waals surface area contributed by atoms with Crippen molar-refractivity contribution >= 4 is 21.6 Å². The predicted molar refractivity (Wildman–Crippen MR) is 78.2 cm³/mol. The molecule has 1 saturated heterocycles. The Morgan fingerprint density at radius 2 is 2.16 bits per heavy atom. The van der Waals surface area contributed by atoms with Gasteiger partial charge in [0.2, 0.25) is 10.0 Å². The van der Waals surface area contributed by atoms with Crippen LogP contribution in [0.4, 0.5) is 0 Å². The van der Waals surface area contributed by atoms with Gasteiger partial charge in [-0.05, 0) is 18.8 Å². The minimum absolute atomic E-state index is 0.392. The molecular formula is C12H25ClN2O3S. The summed E-state index contributed by atoms with van der Waals surface area (Å²) in [4.78, 5) is 2.26. The summed E-state index contributed by atoms with van der Waals surface area (Å²) in [6.45, 7) is 4.52. The van der Waals surface area contributed by atoms with Crippen LogP contribution in [0.3, 0.4) is 0 Å². The van der Waals surface area contributed by atoms with Gasteiger partial charge < -0.3 is 4.74 Å². The zero-order valence-corrected chi connectivity index (χ0v) is 13.4. The maximum atomic E-state index is 11.6. The van der Waals surface area contributed by atoms with Crippen molar-refractivity contribution < 1.29 is 13.2 Å². The van der Waals surface area contributed by atoms with Crippen LogP contribution >= 0.6 is 11.6 Å². The first-order valence-corrected chi connectivity index (χ1v) is 9.08. The first kappa shape index (κ1) is 17.2. The number of methoxy groups -OCH3 is 1. The zero-order valence-electron chi connectivity index (χ0n) is 11.8. The molecule has 0 amide bonds. The normalized spacial score (nSPS) is 22.0. The Balaban J connectivity index is 2.49. The van der Waals surface area contributed by atoms with E-state index in [9.17, 15) is 8.42 Å². The fourth-order valence-corrected chi connectivity index (χ4v) is 3.66. The van der Waals surface area contributed by atoms with Crippen molar-refractivity contribution in [3.63, 3.8) is 0 Å². The Hall–Kier alpha value is 0.120. The number of ether oxygens (including phenoxy) is 1. The highest BCUT2D eigenvalue weighted by Crippen LogP contribution is 2.19. The highest BCUT2D eigenvalue weighted by molar-refractivity contribution is 7.88. The molecule has 0 aliphatic carbocycles. The van der Waals surface area contributed by atoms with Crippen LogP contribution in [0.2, 0.25) is 0 Å². The number of nitrogens with zero attached hydrogens (tertiary/aromatic N) is 2. The molecule has 0 spiro atoms. The molecule has 1 atom stereocenters. The van der Waals surface area contributed by atoms with Crippen LogP contribution in [0.15, 0.2) is 0 Å². The van der Waals surface area contributed by atoms with Gasteiger partial charge in [-0.1, -0.05) is 0 Å². The summed E-state index contributed by atoms with van der Waals surface area (Å²) < 4.78 is 29.9. The molecule has 0 aromatic carbocycles. The molecule has 7 heteroatoms. The van der Waals surface area contributed by atoms with Gasteiger partial charge in [0.25, 0.3) is 0 Å². The molecule has 1 fully saturated rings. The van der Waals surface area contributed by atoms with Crippen LogP contribution in [0.1, 0.15) is 12.8 Å². The second-order valence-electron chi connectivity index (χ2n) is 5.11. The number of hydrogen-bond donors (Lipinski definition) is 0. The van der Waals surface area contributed by atoms with E-state index in [1.54, 1.807) is 11.4 Å². The molecule has 1 aliphatic rings. The number of piperidine rings is 1. The van der Waals surface area contributed by atoms with Crippen LogP contribution in [0, 0.1) is 5.92 Å². The van der Waals surface area contributed by atoms with E-state index in [1.807, 2.05) is 0 Å². The van der Waals surface area contributed by atoms with Crippen molar-refractivity contribution in [2.45, 2.75) is 12.8 Å². The predicted octanol–water partition coefficient (Wildman–Crippen LogP) is 0.845. The summed E-state index contributed by atoms with van der Waals surface area (Å²) >= 11 is 5.81. The van der Waals surface area contributed by atoms with Gasteiger partial charge >= 0.3 is 0 Å². The molecule has 114 valence electrons. The van der Waals surface area contributed by atoms with Gasteiger partial charge in [0.15, 0.2) is 0 Å². The number of alkyl halides is 1. The number of halogens is 1. The lowest BCUT2D eigenvalue weighted by Gasteiger charge is -2.34. The molecule has 0 radical (unpaired) electrons. The summed E-state index contributed by atoms with van der Waals surface area (Å²) in [7, 11) is -1.37. The molecule has 0 aromatic rings. The molecule has 5 nitrogen and oxygen atoms in total. The Bertz CT molecular complexity index is 351. The summed E-state index contributed by atoms with van der Waals surface area (Å²) in [5.74, 6) is 0.982. The summed E-state index contributed by atoms with van der Waals surface area (Å²) in [6, 6.07) is 0. The van der Waals surface area contributed by atoms with E-state index in [0.29, 0.717) is 31.5 Å². The average molecular weight is 313 g/mol. The van der Waals surface area contributed by atoms with Gasteiger partial charge in [0.1, 0.15) is 0 Å². The van der Waals surface area contributed by atoms with Gasteiger partial charge in [-0.15, -0.1) is 11.6 Å². The largest absolute Gasteiger partial charge is 0.383 e. The third-order valence-electron chi connectivity index (χ3n) is 3.48. The molecule has 1 heterocycles. The van der Waals surface area contributed by atoms with Crippen LogP contribution < -0.4 is 0 Å². The molecule has 1 unspecified atom stereocenters. The maximum Gasteiger partial charge on any atom is 0.211 e. The quantitative estimate of drug-likeness (QED) is 0.623. The van der Waals surface area contributed by atoms with Crippen LogP contribution in [0.5, 0.6) is 0 Å². The van der Waals surface area contributed by atoms with Gasteiger partial charge in [-0.25, -0.2) is 12.7 Å². The zero-order chi connectivity index (χ0) is 14.3. The van der Waals surface area contributed by atoms with Gasteiger partial charge in [-0.2, -0.15) is 0 Å². The van der Waals surface area contributed by atoms with Gasteiger partial charge in [0.05, 0.1) is 12.9 Å². The fraction of sp³-hybridized carbons (Fsp3) is 1.00. The van der Waals surface area contributed by atoms with Crippen molar-refractivity contribution in [2.75, 3.05) is 58.6 Å². The van der Waals surface area contributed by atoms with E-state index in [0.717, 1.165) is 32.5 Å². The lowest BCUT2D eigenvalue weighted by molar-refractivity contribution is 0.128. The molecule has 0 N–H and O–H groups in total. The number of hydrogen-bond acceptors (Lipinski definition) is 4. The molecule has 0 saturated carbocycles. The van der Waals surface area contributed by atoms with Crippen LogP contribution in [-0.4, -0.2) is 76.2 Å². The van der Waals surface area contributed by atoms with Gasteiger partial charge in [0, 0.05) is 45.7 Å². The molecule has 1 aliphatic heterocycles. The van der Waals surface area contributed by atoms with E-state index in [1.165, 1.54) is 6.26 Å². The second kappa shape index (κ2) is 8.42. The highest BCUT2D eigenvalue weighted by atomic mass is 35.5. The molecule has 0 aromatic heterocycles. The summed E-state index contributed by atoms with van der Waals surface area (Å²) in [5.41, 5.74) is 0. The molecule has 0 bridgehead atoms.